The Morgan fingerprint density at radius 2 is 1.71 bits per heavy atom. The first-order valence-corrected chi connectivity index (χ1v) is 7.33. The van der Waals surface area contributed by atoms with Gasteiger partial charge < -0.3 is 19.0 Å². The molecule has 0 atom stereocenters. The summed E-state index contributed by atoms with van der Waals surface area (Å²) < 4.78 is 51.5. The van der Waals surface area contributed by atoms with Gasteiger partial charge in [0.15, 0.2) is 0 Å². The summed E-state index contributed by atoms with van der Waals surface area (Å²) in [4.78, 5) is 0. The second-order valence-electron chi connectivity index (χ2n) is 3.55. The Balaban J connectivity index is 3.99. The quantitative estimate of drug-likeness (QED) is 0.516. The van der Waals surface area contributed by atoms with Gasteiger partial charge in [-0.2, -0.15) is 13.2 Å². The van der Waals surface area contributed by atoms with Crippen LogP contribution >= 0.6 is 0 Å². The molecule has 0 aliphatic rings. The minimum atomic E-state index is -4.15. The Labute approximate surface area is 101 Å². The SMILES string of the molecule is CO[Si](CCCN)(OC)OCCCC(F)(F)F. The summed E-state index contributed by atoms with van der Waals surface area (Å²) in [5, 5.41) is 0. The zero-order chi connectivity index (χ0) is 13.4. The van der Waals surface area contributed by atoms with Crippen LogP contribution in [0.4, 0.5) is 13.2 Å². The summed E-state index contributed by atoms with van der Waals surface area (Å²) in [6.45, 7) is 0.450. The van der Waals surface area contributed by atoms with Crippen molar-refractivity contribution in [2.24, 2.45) is 5.73 Å². The van der Waals surface area contributed by atoms with Crippen LogP contribution in [-0.2, 0) is 13.3 Å². The summed E-state index contributed by atoms with van der Waals surface area (Å²) in [6, 6.07) is 0.516. The lowest BCUT2D eigenvalue weighted by atomic mass is 10.3. The van der Waals surface area contributed by atoms with Crippen molar-refractivity contribution in [2.45, 2.75) is 31.5 Å². The standard InChI is InChI=1S/C9H20F3NO3Si/c1-14-17(15-2,8-4-6-13)16-7-3-5-9(10,11)12/h3-8,13H2,1-2H3. The van der Waals surface area contributed by atoms with Crippen molar-refractivity contribution < 1.29 is 26.4 Å². The average molecular weight is 275 g/mol. The number of hydrogen-bond donors (Lipinski definition) is 1. The second-order valence-corrected chi connectivity index (χ2v) is 6.52. The van der Waals surface area contributed by atoms with Gasteiger partial charge in [-0.15, -0.1) is 0 Å². The molecule has 0 radical (unpaired) electrons. The molecule has 4 nitrogen and oxygen atoms in total. The van der Waals surface area contributed by atoms with E-state index in [0.717, 1.165) is 0 Å². The van der Waals surface area contributed by atoms with Crippen LogP contribution in [0.3, 0.4) is 0 Å². The van der Waals surface area contributed by atoms with Gasteiger partial charge in [0.1, 0.15) is 0 Å². The van der Waals surface area contributed by atoms with Crippen LogP contribution in [0, 0.1) is 0 Å². The van der Waals surface area contributed by atoms with Crippen LogP contribution in [0.1, 0.15) is 19.3 Å². The fourth-order valence-electron chi connectivity index (χ4n) is 1.30. The fourth-order valence-corrected chi connectivity index (χ4v) is 3.34. The van der Waals surface area contributed by atoms with Crippen molar-refractivity contribution in [3.8, 4) is 0 Å². The first-order chi connectivity index (χ1) is 7.89. The highest BCUT2D eigenvalue weighted by molar-refractivity contribution is 6.60. The number of nitrogens with two attached hydrogens (primary N) is 1. The Morgan fingerprint density at radius 1 is 1.12 bits per heavy atom. The van der Waals surface area contributed by atoms with Gasteiger partial charge in [-0.05, 0) is 19.4 Å². The highest BCUT2D eigenvalue weighted by Gasteiger charge is 2.38. The first-order valence-electron chi connectivity index (χ1n) is 5.40. The molecule has 0 aliphatic carbocycles. The second kappa shape index (κ2) is 8.04. The molecular formula is C9H20F3NO3Si. The first kappa shape index (κ1) is 16.8. The van der Waals surface area contributed by atoms with Crippen molar-refractivity contribution in [3.63, 3.8) is 0 Å². The van der Waals surface area contributed by atoms with E-state index in [-0.39, 0.29) is 13.0 Å². The van der Waals surface area contributed by atoms with Crippen LogP contribution in [0.25, 0.3) is 0 Å². The molecule has 0 rings (SSSR count). The maximum Gasteiger partial charge on any atom is 0.500 e. The van der Waals surface area contributed by atoms with Gasteiger partial charge in [-0.25, -0.2) is 0 Å². The van der Waals surface area contributed by atoms with Gasteiger partial charge in [0.25, 0.3) is 0 Å². The van der Waals surface area contributed by atoms with Gasteiger partial charge in [0.2, 0.25) is 0 Å². The Bertz CT molecular complexity index is 200. The van der Waals surface area contributed by atoms with E-state index in [4.69, 9.17) is 19.0 Å². The number of halogens is 3. The number of rotatable bonds is 9. The molecule has 0 aromatic carbocycles. The Morgan fingerprint density at radius 3 is 2.12 bits per heavy atom. The van der Waals surface area contributed by atoms with E-state index in [9.17, 15) is 13.2 Å². The molecule has 0 amide bonds. The normalized spacial score (nSPS) is 13.1. The maximum absolute atomic E-state index is 11.9. The van der Waals surface area contributed by atoms with Crippen LogP contribution in [0.15, 0.2) is 0 Å². The molecule has 0 unspecified atom stereocenters. The monoisotopic (exact) mass is 275 g/mol. The molecule has 0 aromatic heterocycles. The van der Waals surface area contributed by atoms with E-state index >= 15 is 0 Å². The van der Waals surface area contributed by atoms with E-state index in [2.05, 4.69) is 0 Å². The molecule has 0 fully saturated rings. The molecule has 0 saturated carbocycles. The predicted octanol–water partition coefficient (Wildman–Crippen LogP) is 1.93. The van der Waals surface area contributed by atoms with Crippen molar-refractivity contribution in [3.05, 3.63) is 0 Å². The molecule has 8 heteroatoms. The van der Waals surface area contributed by atoms with Crippen LogP contribution in [0.5, 0.6) is 0 Å². The maximum atomic E-state index is 11.9. The Kier molecular flexibility index (Phi) is 7.97. The number of alkyl halides is 3. The van der Waals surface area contributed by atoms with E-state index in [0.29, 0.717) is 19.0 Å². The van der Waals surface area contributed by atoms with Gasteiger partial charge in [-0.1, -0.05) is 0 Å². The van der Waals surface area contributed by atoms with Gasteiger partial charge in [0, 0.05) is 33.3 Å². The van der Waals surface area contributed by atoms with Crippen molar-refractivity contribution >= 4 is 8.80 Å². The van der Waals surface area contributed by atoms with Crippen LogP contribution in [-0.4, -0.2) is 42.4 Å². The molecule has 0 aromatic rings. The summed E-state index contributed by atoms with van der Waals surface area (Å²) in [7, 11) is 0.0729. The molecule has 0 heterocycles. The Hall–Kier alpha value is -0.153. The summed E-state index contributed by atoms with van der Waals surface area (Å²) in [5.41, 5.74) is 5.36. The third kappa shape index (κ3) is 7.71. The lowest BCUT2D eigenvalue weighted by Gasteiger charge is -2.26. The fraction of sp³-hybridized carbons (Fsp3) is 1.00. The largest absolute Gasteiger partial charge is 0.500 e. The van der Waals surface area contributed by atoms with Crippen molar-refractivity contribution in [2.75, 3.05) is 27.4 Å². The molecular weight excluding hydrogens is 255 g/mol. The highest BCUT2D eigenvalue weighted by Crippen LogP contribution is 2.22. The zero-order valence-electron chi connectivity index (χ0n) is 10.2. The molecule has 0 spiro atoms. The molecule has 0 aliphatic heterocycles. The molecule has 0 saturated heterocycles. The van der Waals surface area contributed by atoms with Gasteiger partial charge in [-0.3, -0.25) is 0 Å². The van der Waals surface area contributed by atoms with E-state index < -0.39 is 21.4 Å². The lowest BCUT2D eigenvalue weighted by molar-refractivity contribution is -0.137. The van der Waals surface area contributed by atoms with Crippen LogP contribution in [0.2, 0.25) is 6.04 Å². The third-order valence-electron chi connectivity index (χ3n) is 2.24. The minimum absolute atomic E-state index is 0.0159. The zero-order valence-corrected chi connectivity index (χ0v) is 11.2. The molecule has 17 heavy (non-hydrogen) atoms. The minimum Gasteiger partial charge on any atom is -0.377 e. The van der Waals surface area contributed by atoms with E-state index in [1.807, 2.05) is 0 Å². The molecule has 2 N–H and O–H groups in total. The topological polar surface area (TPSA) is 53.7 Å². The number of hydrogen-bond acceptors (Lipinski definition) is 4. The molecule has 104 valence electrons. The molecule has 0 bridgehead atoms. The predicted molar refractivity (Wildman–Crippen MR) is 59.5 cm³/mol. The lowest BCUT2D eigenvalue weighted by Crippen LogP contribution is -2.44. The van der Waals surface area contributed by atoms with E-state index in [1.165, 1.54) is 14.2 Å². The summed E-state index contributed by atoms with van der Waals surface area (Å²) in [5.74, 6) is 0. The average Bonchev–Trinajstić information content (AvgIpc) is 2.28. The smallest absolute Gasteiger partial charge is 0.377 e. The van der Waals surface area contributed by atoms with E-state index in [1.54, 1.807) is 0 Å². The van der Waals surface area contributed by atoms with Gasteiger partial charge >= 0.3 is 15.0 Å². The van der Waals surface area contributed by atoms with Crippen molar-refractivity contribution in [1.29, 1.82) is 0 Å². The highest BCUT2D eigenvalue weighted by atomic mass is 28.4. The van der Waals surface area contributed by atoms with Crippen molar-refractivity contribution in [1.82, 2.24) is 0 Å². The summed E-state index contributed by atoms with van der Waals surface area (Å²) in [6.07, 6.45) is -4.44. The summed E-state index contributed by atoms with van der Waals surface area (Å²) >= 11 is 0. The third-order valence-corrected chi connectivity index (χ3v) is 5.09. The van der Waals surface area contributed by atoms with Gasteiger partial charge in [0.05, 0.1) is 0 Å². The van der Waals surface area contributed by atoms with Crippen LogP contribution < -0.4 is 5.73 Å².